The van der Waals surface area contributed by atoms with Crippen LogP contribution in [-0.2, 0) is 21.2 Å². The third kappa shape index (κ3) is 4.11. The summed E-state index contributed by atoms with van der Waals surface area (Å²) in [5.74, 6) is -0.741. The molecule has 1 aromatic rings. The molecule has 7 nitrogen and oxygen atoms in total. The van der Waals surface area contributed by atoms with Crippen LogP contribution in [0.5, 0.6) is 0 Å². The van der Waals surface area contributed by atoms with Crippen molar-refractivity contribution in [2.45, 2.75) is 18.4 Å². The lowest BCUT2D eigenvalue weighted by molar-refractivity contribution is 0.0696. The topological polar surface area (TPSA) is 96.3 Å². The van der Waals surface area contributed by atoms with Crippen molar-refractivity contribution < 1.29 is 23.2 Å². The summed E-state index contributed by atoms with van der Waals surface area (Å²) in [5, 5.41) is 12.7. The fourth-order valence-electron chi connectivity index (χ4n) is 1.82. The van der Waals surface area contributed by atoms with Gasteiger partial charge in [-0.3, -0.25) is 0 Å². The summed E-state index contributed by atoms with van der Waals surface area (Å²) < 4.78 is 23.8. The molecule has 0 heterocycles. The van der Waals surface area contributed by atoms with E-state index in [4.69, 9.17) is 16.7 Å². The third-order valence-corrected chi connectivity index (χ3v) is 4.61. The Kier molecular flexibility index (Phi) is 5.78. The zero-order chi connectivity index (χ0) is 17.1. The van der Waals surface area contributed by atoms with E-state index in [2.05, 4.69) is 9.99 Å². The van der Waals surface area contributed by atoms with Crippen LogP contribution in [0.25, 0.3) is 0 Å². The van der Waals surface area contributed by atoms with Crippen LogP contribution < -0.4 is 0 Å². The van der Waals surface area contributed by atoms with Gasteiger partial charge in [0, 0.05) is 25.4 Å². The fraction of sp³-hybridized carbons (Fsp3) is 0.385. The minimum Gasteiger partial charge on any atom is -0.478 e. The number of carbonyl (C=O) groups is 1. The molecule has 0 saturated carbocycles. The summed E-state index contributed by atoms with van der Waals surface area (Å²) in [6.45, 7) is 1.74. The number of carboxylic acid groups (broad SMARTS) is 1. The predicted octanol–water partition coefficient (Wildman–Crippen LogP) is 1.85. The lowest BCUT2D eigenvalue weighted by atomic mass is 10.1. The molecule has 0 aliphatic heterocycles. The van der Waals surface area contributed by atoms with Gasteiger partial charge in [0.15, 0.2) is 9.84 Å². The molecule has 0 bridgehead atoms. The SMILES string of the molecule is CO/N=C(\C)N(C)Cc1c(S(C)(=O)=O)ccc(C(=O)O)c1Cl. The Labute approximate surface area is 134 Å². The smallest absolute Gasteiger partial charge is 0.337 e. The van der Waals surface area contributed by atoms with Gasteiger partial charge in [0.25, 0.3) is 0 Å². The van der Waals surface area contributed by atoms with Gasteiger partial charge in [0.1, 0.15) is 12.9 Å². The molecule has 0 amide bonds. The normalized spacial score (nSPS) is 12.1. The van der Waals surface area contributed by atoms with Crippen LogP contribution in [0.2, 0.25) is 5.02 Å². The molecule has 1 aromatic carbocycles. The zero-order valence-electron chi connectivity index (χ0n) is 12.6. The summed E-state index contributed by atoms with van der Waals surface area (Å²) in [4.78, 5) is 17.4. The highest BCUT2D eigenvalue weighted by Crippen LogP contribution is 2.29. The predicted molar refractivity (Wildman–Crippen MR) is 83.1 cm³/mol. The molecular weight excluding hydrogens is 332 g/mol. The summed E-state index contributed by atoms with van der Waals surface area (Å²) in [5.41, 5.74) is 0.0519. The molecule has 1 rings (SSSR count). The number of sulfone groups is 1. The van der Waals surface area contributed by atoms with E-state index in [0.717, 1.165) is 6.26 Å². The van der Waals surface area contributed by atoms with Gasteiger partial charge in [0.05, 0.1) is 15.5 Å². The highest BCUT2D eigenvalue weighted by Gasteiger charge is 2.22. The summed E-state index contributed by atoms with van der Waals surface area (Å²) in [6.07, 6.45) is 1.04. The zero-order valence-corrected chi connectivity index (χ0v) is 14.2. The van der Waals surface area contributed by atoms with Gasteiger partial charge in [0.2, 0.25) is 0 Å². The molecule has 0 spiro atoms. The number of hydrogen-bond donors (Lipinski definition) is 1. The highest BCUT2D eigenvalue weighted by atomic mass is 35.5. The van der Waals surface area contributed by atoms with Crippen LogP contribution in [0.15, 0.2) is 22.2 Å². The first-order valence-corrected chi connectivity index (χ1v) is 8.40. The van der Waals surface area contributed by atoms with Crippen molar-refractivity contribution in [3.05, 3.63) is 28.3 Å². The minimum absolute atomic E-state index is 0.0143. The maximum Gasteiger partial charge on any atom is 0.337 e. The Morgan fingerprint density at radius 2 is 2.05 bits per heavy atom. The third-order valence-electron chi connectivity index (χ3n) is 3.00. The molecule has 122 valence electrons. The van der Waals surface area contributed by atoms with E-state index in [1.54, 1.807) is 18.9 Å². The monoisotopic (exact) mass is 348 g/mol. The Bertz CT molecular complexity index is 715. The average molecular weight is 349 g/mol. The van der Waals surface area contributed by atoms with Crippen molar-refractivity contribution in [3.63, 3.8) is 0 Å². The first kappa shape index (κ1) is 18.2. The number of halogens is 1. The van der Waals surface area contributed by atoms with Gasteiger partial charge in [-0.25, -0.2) is 13.2 Å². The molecule has 9 heteroatoms. The lowest BCUT2D eigenvalue weighted by Crippen LogP contribution is -2.25. The number of rotatable bonds is 5. The fourth-order valence-corrected chi connectivity index (χ4v) is 3.11. The average Bonchev–Trinajstić information content (AvgIpc) is 2.39. The molecule has 0 aromatic heterocycles. The van der Waals surface area contributed by atoms with Crippen LogP contribution in [-0.4, -0.2) is 50.6 Å². The number of amidine groups is 1. The number of aromatic carboxylic acids is 1. The molecule has 0 saturated heterocycles. The Hall–Kier alpha value is -1.80. The molecular formula is C13H17ClN2O5S. The van der Waals surface area contributed by atoms with E-state index in [9.17, 15) is 13.2 Å². The molecule has 1 N–H and O–H groups in total. The van der Waals surface area contributed by atoms with Crippen molar-refractivity contribution in [1.29, 1.82) is 0 Å². The summed E-state index contributed by atoms with van der Waals surface area (Å²) >= 11 is 6.10. The number of carboxylic acids is 1. The van der Waals surface area contributed by atoms with Crippen LogP contribution >= 0.6 is 11.6 Å². The standard InChI is InChI=1S/C13H17ClN2O5S/c1-8(15-21-3)16(2)7-10-11(22(4,19)20)6-5-9(12(10)14)13(17)18/h5-6H,7H2,1-4H3,(H,17,18)/b15-8+. The van der Waals surface area contributed by atoms with E-state index >= 15 is 0 Å². The summed E-state index contributed by atoms with van der Waals surface area (Å²) in [7, 11) is -0.511. The summed E-state index contributed by atoms with van der Waals surface area (Å²) in [6, 6.07) is 2.43. The van der Waals surface area contributed by atoms with E-state index in [1.807, 2.05) is 0 Å². The van der Waals surface area contributed by atoms with Gasteiger partial charge in [-0.2, -0.15) is 0 Å². The van der Waals surface area contributed by atoms with E-state index in [1.165, 1.54) is 19.2 Å². The second-order valence-corrected chi connectivity index (χ2v) is 7.02. The van der Waals surface area contributed by atoms with E-state index in [0.29, 0.717) is 5.84 Å². The highest BCUT2D eigenvalue weighted by molar-refractivity contribution is 7.90. The second kappa shape index (κ2) is 6.97. The minimum atomic E-state index is -3.56. The maximum absolute atomic E-state index is 11.9. The van der Waals surface area contributed by atoms with Gasteiger partial charge in [-0.05, 0) is 19.1 Å². The van der Waals surface area contributed by atoms with Crippen LogP contribution in [0.3, 0.4) is 0 Å². The van der Waals surface area contributed by atoms with Crippen molar-refractivity contribution in [2.24, 2.45) is 5.16 Å². The van der Waals surface area contributed by atoms with Crippen LogP contribution in [0.4, 0.5) is 0 Å². The molecule has 0 aliphatic rings. The number of oxime groups is 1. The molecule has 0 atom stereocenters. The van der Waals surface area contributed by atoms with Crippen LogP contribution in [0.1, 0.15) is 22.8 Å². The largest absolute Gasteiger partial charge is 0.478 e. The lowest BCUT2D eigenvalue weighted by Gasteiger charge is -2.21. The van der Waals surface area contributed by atoms with Crippen molar-refractivity contribution in [3.8, 4) is 0 Å². The van der Waals surface area contributed by atoms with Crippen molar-refractivity contribution in [1.82, 2.24) is 4.90 Å². The van der Waals surface area contributed by atoms with Gasteiger partial charge in [-0.15, -0.1) is 0 Å². The number of benzene rings is 1. The first-order chi connectivity index (χ1) is 10.1. The van der Waals surface area contributed by atoms with Crippen LogP contribution in [0, 0.1) is 0 Å². The molecule has 22 heavy (non-hydrogen) atoms. The Balaban J connectivity index is 3.45. The van der Waals surface area contributed by atoms with Gasteiger partial charge >= 0.3 is 5.97 Å². The Morgan fingerprint density at radius 3 is 2.50 bits per heavy atom. The first-order valence-electron chi connectivity index (χ1n) is 6.13. The van der Waals surface area contributed by atoms with E-state index in [-0.39, 0.29) is 27.6 Å². The Morgan fingerprint density at radius 1 is 1.45 bits per heavy atom. The maximum atomic E-state index is 11.9. The molecule has 0 radical (unpaired) electrons. The van der Waals surface area contributed by atoms with Gasteiger partial charge in [-0.1, -0.05) is 16.8 Å². The van der Waals surface area contributed by atoms with Crippen molar-refractivity contribution >= 4 is 33.2 Å². The number of hydrogen-bond acceptors (Lipinski definition) is 5. The second-order valence-electron chi connectivity index (χ2n) is 4.66. The van der Waals surface area contributed by atoms with Gasteiger partial charge < -0.3 is 14.8 Å². The number of nitrogens with zero attached hydrogens (tertiary/aromatic N) is 2. The van der Waals surface area contributed by atoms with E-state index < -0.39 is 15.8 Å². The molecule has 0 fully saturated rings. The molecule has 0 aliphatic carbocycles. The molecule has 0 unspecified atom stereocenters. The van der Waals surface area contributed by atoms with Crippen molar-refractivity contribution in [2.75, 3.05) is 20.4 Å². The quantitative estimate of drug-likeness (QED) is 0.495.